The van der Waals surface area contributed by atoms with Gasteiger partial charge in [-0.05, 0) is 42.1 Å². The predicted octanol–water partition coefficient (Wildman–Crippen LogP) is 3.98. The maximum atomic E-state index is 11.9. The number of anilines is 1. The van der Waals surface area contributed by atoms with Gasteiger partial charge in [-0.2, -0.15) is 16.3 Å². The number of nitrogens with one attached hydrogen (secondary N) is 1. The van der Waals surface area contributed by atoms with Gasteiger partial charge in [-0.25, -0.2) is 0 Å². The second kappa shape index (κ2) is 8.92. The van der Waals surface area contributed by atoms with Gasteiger partial charge in [-0.1, -0.05) is 21.1 Å². The molecule has 2 aromatic heterocycles. The summed E-state index contributed by atoms with van der Waals surface area (Å²) in [5, 5.41) is 10.4. The number of amides is 1. The Labute approximate surface area is 167 Å². The van der Waals surface area contributed by atoms with E-state index in [1.807, 2.05) is 35.9 Å². The van der Waals surface area contributed by atoms with Crippen LogP contribution in [0.1, 0.15) is 17.9 Å². The van der Waals surface area contributed by atoms with Crippen molar-refractivity contribution >= 4 is 44.8 Å². The quantitative estimate of drug-likeness (QED) is 0.548. The van der Waals surface area contributed by atoms with Gasteiger partial charge in [-0.3, -0.25) is 9.59 Å². The third-order valence-corrected chi connectivity index (χ3v) is 4.79. The fourth-order valence-corrected chi connectivity index (χ4v) is 3.36. The summed E-state index contributed by atoms with van der Waals surface area (Å²) in [6.07, 6.45) is 0.305. The van der Waals surface area contributed by atoms with Gasteiger partial charge in [0.05, 0.1) is 6.42 Å². The first-order valence-electron chi connectivity index (χ1n) is 8.08. The summed E-state index contributed by atoms with van der Waals surface area (Å²) in [4.78, 5) is 28.0. The van der Waals surface area contributed by atoms with Crippen LogP contribution in [0.3, 0.4) is 0 Å². The Hall–Kier alpha value is -2.52. The minimum atomic E-state index is -0.507. The average Bonchev–Trinajstić information content (AvgIpc) is 3.32. The summed E-state index contributed by atoms with van der Waals surface area (Å²) >= 11 is 4.90. The molecule has 1 N–H and O–H groups in total. The van der Waals surface area contributed by atoms with Crippen LogP contribution in [0.5, 0.6) is 0 Å². The van der Waals surface area contributed by atoms with E-state index < -0.39 is 11.9 Å². The van der Waals surface area contributed by atoms with Gasteiger partial charge in [0.15, 0.2) is 6.61 Å². The van der Waals surface area contributed by atoms with Gasteiger partial charge in [0.25, 0.3) is 5.91 Å². The van der Waals surface area contributed by atoms with Crippen molar-refractivity contribution in [1.82, 2.24) is 10.1 Å². The Morgan fingerprint density at radius 2 is 2.19 bits per heavy atom. The van der Waals surface area contributed by atoms with Crippen LogP contribution in [0.15, 0.2) is 44.0 Å². The molecule has 0 unspecified atom stereocenters. The molecule has 1 aromatic carbocycles. The second-order valence-electron chi connectivity index (χ2n) is 5.69. The number of benzene rings is 1. The Kier molecular flexibility index (Phi) is 6.36. The van der Waals surface area contributed by atoms with Gasteiger partial charge in [0, 0.05) is 27.5 Å². The zero-order chi connectivity index (χ0) is 19.2. The van der Waals surface area contributed by atoms with Crippen molar-refractivity contribution in [2.45, 2.75) is 19.8 Å². The summed E-state index contributed by atoms with van der Waals surface area (Å²) in [5.41, 5.74) is 2.45. The van der Waals surface area contributed by atoms with E-state index in [-0.39, 0.29) is 19.4 Å². The van der Waals surface area contributed by atoms with E-state index in [4.69, 9.17) is 9.26 Å². The summed E-state index contributed by atoms with van der Waals surface area (Å²) in [6, 6.07) is 7.37. The molecule has 9 heteroatoms. The topological polar surface area (TPSA) is 94.3 Å². The predicted molar refractivity (Wildman–Crippen MR) is 104 cm³/mol. The number of carbonyl (C=O) groups is 2. The molecule has 1 amide bonds. The van der Waals surface area contributed by atoms with E-state index in [2.05, 4.69) is 31.4 Å². The summed E-state index contributed by atoms with van der Waals surface area (Å²) in [5.74, 6) is -0.0637. The van der Waals surface area contributed by atoms with Gasteiger partial charge in [0.1, 0.15) is 0 Å². The van der Waals surface area contributed by atoms with E-state index in [1.165, 1.54) is 11.3 Å². The molecule has 0 bridgehead atoms. The minimum Gasteiger partial charge on any atom is -0.456 e. The zero-order valence-corrected chi connectivity index (χ0v) is 16.8. The van der Waals surface area contributed by atoms with Crippen molar-refractivity contribution in [3.8, 4) is 11.4 Å². The lowest BCUT2D eigenvalue weighted by Gasteiger charge is -2.09. The number of ether oxygens (including phenoxy) is 1. The number of esters is 1. The molecule has 0 aliphatic rings. The molecule has 0 spiro atoms. The van der Waals surface area contributed by atoms with Crippen LogP contribution in [0.2, 0.25) is 0 Å². The van der Waals surface area contributed by atoms with E-state index in [1.54, 1.807) is 6.07 Å². The molecular formula is C18H16BrN3O4S. The van der Waals surface area contributed by atoms with Gasteiger partial charge >= 0.3 is 5.97 Å². The molecule has 7 nitrogen and oxygen atoms in total. The van der Waals surface area contributed by atoms with E-state index >= 15 is 0 Å². The molecule has 0 atom stereocenters. The molecule has 0 aliphatic carbocycles. The zero-order valence-electron chi connectivity index (χ0n) is 14.4. The van der Waals surface area contributed by atoms with Crippen LogP contribution in [-0.2, 0) is 20.7 Å². The van der Waals surface area contributed by atoms with Crippen molar-refractivity contribution < 1.29 is 18.8 Å². The number of hydrogen-bond donors (Lipinski definition) is 1. The highest BCUT2D eigenvalue weighted by molar-refractivity contribution is 9.10. The number of thiophene rings is 1. The van der Waals surface area contributed by atoms with Crippen LogP contribution in [0.4, 0.5) is 5.69 Å². The third kappa shape index (κ3) is 5.48. The Balaban J connectivity index is 1.42. The highest BCUT2D eigenvalue weighted by Crippen LogP contribution is 2.20. The molecule has 3 aromatic rings. The third-order valence-electron chi connectivity index (χ3n) is 3.62. The lowest BCUT2D eigenvalue weighted by molar-refractivity contribution is -0.147. The van der Waals surface area contributed by atoms with Crippen molar-refractivity contribution in [2.24, 2.45) is 0 Å². The van der Waals surface area contributed by atoms with Crippen molar-refractivity contribution in [1.29, 1.82) is 0 Å². The van der Waals surface area contributed by atoms with Crippen molar-refractivity contribution in [2.75, 3.05) is 11.9 Å². The first kappa shape index (κ1) is 19.2. The first-order valence-corrected chi connectivity index (χ1v) is 9.81. The maximum absolute atomic E-state index is 11.9. The molecule has 27 heavy (non-hydrogen) atoms. The van der Waals surface area contributed by atoms with E-state index in [0.717, 1.165) is 15.6 Å². The van der Waals surface area contributed by atoms with Crippen LogP contribution < -0.4 is 5.32 Å². The van der Waals surface area contributed by atoms with E-state index in [0.29, 0.717) is 17.4 Å². The molecule has 3 rings (SSSR count). The SMILES string of the molecule is Cc1cc(Br)ccc1NC(=O)COC(=O)CCc1nc(-c2ccsc2)no1. The highest BCUT2D eigenvalue weighted by atomic mass is 79.9. The van der Waals surface area contributed by atoms with Gasteiger partial charge < -0.3 is 14.6 Å². The molecule has 0 radical (unpaired) electrons. The number of aromatic nitrogens is 2. The Bertz CT molecular complexity index is 940. The smallest absolute Gasteiger partial charge is 0.306 e. The van der Waals surface area contributed by atoms with Gasteiger partial charge in [0.2, 0.25) is 11.7 Å². The molecule has 0 saturated heterocycles. The fraction of sp³-hybridized carbons (Fsp3) is 0.222. The summed E-state index contributed by atoms with van der Waals surface area (Å²) < 4.78 is 11.0. The van der Waals surface area contributed by atoms with Crippen LogP contribution >= 0.6 is 27.3 Å². The van der Waals surface area contributed by atoms with Crippen molar-refractivity contribution in [3.05, 3.63) is 51.0 Å². The molecule has 140 valence electrons. The maximum Gasteiger partial charge on any atom is 0.306 e. The average molecular weight is 450 g/mol. The molecule has 0 fully saturated rings. The number of carbonyl (C=O) groups excluding carboxylic acids is 2. The van der Waals surface area contributed by atoms with Gasteiger partial charge in [-0.15, -0.1) is 0 Å². The van der Waals surface area contributed by atoms with E-state index in [9.17, 15) is 9.59 Å². The number of nitrogens with zero attached hydrogens (tertiary/aromatic N) is 2. The standard InChI is InChI=1S/C18H16BrN3O4S/c1-11-8-13(19)2-3-14(11)20-15(23)9-25-17(24)5-4-16-21-18(22-26-16)12-6-7-27-10-12/h2-3,6-8,10H,4-5,9H2,1H3,(H,20,23). The minimum absolute atomic E-state index is 0.0515. The van der Waals surface area contributed by atoms with Crippen LogP contribution in [-0.4, -0.2) is 28.6 Å². The summed E-state index contributed by atoms with van der Waals surface area (Å²) in [6.45, 7) is 1.53. The summed E-state index contributed by atoms with van der Waals surface area (Å²) in [7, 11) is 0. The number of rotatable bonds is 7. The Morgan fingerprint density at radius 3 is 2.93 bits per heavy atom. The highest BCUT2D eigenvalue weighted by Gasteiger charge is 2.13. The number of hydrogen-bond acceptors (Lipinski definition) is 7. The fourth-order valence-electron chi connectivity index (χ4n) is 2.25. The number of halogens is 1. The lowest BCUT2D eigenvalue weighted by Crippen LogP contribution is -2.21. The normalized spacial score (nSPS) is 10.6. The number of aryl methyl sites for hydroxylation is 2. The second-order valence-corrected chi connectivity index (χ2v) is 7.39. The molecule has 0 saturated carbocycles. The molecular weight excluding hydrogens is 434 g/mol. The Morgan fingerprint density at radius 1 is 1.33 bits per heavy atom. The monoisotopic (exact) mass is 449 g/mol. The van der Waals surface area contributed by atoms with Crippen LogP contribution in [0.25, 0.3) is 11.4 Å². The molecule has 0 aliphatic heterocycles. The molecule has 2 heterocycles. The van der Waals surface area contributed by atoms with Crippen molar-refractivity contribution in [3.63, 3.8) is 0 Å². The van der Waals surface area contributed by atoms with Crippen LogP contribution in [0, 0.1) is 6.92 Å². The first-order chi connectivity index (χ1) is 13.0. The lowest BCUT2D eigenvalue weighted by atomic mass is 10.2. The largest absolute Gasteiger partial charge is 0.456 e.